The highest BCUT2D eigenvalue weighted by molar-refractivity contribution is 5.49. The van der Waals surface area contributed by atoms with Crippen molar-refractivity contribution in [2.24, 2.45) is 0 Å². The Morgan fingerprint density at radius 3 is 1.41 bits per heavy atom. The molecule has 0 aromatic heterocycles. The van der Waals surface area contributed by atoms with Crippen molar-refractivity contribution in [2.75, 3.05) is 27.2 Å². The second-order valence-electron chi connectivity index (χ2n) is 7.13. The van der Waals surface area contributed by atoms with Crippen molar-refractivity contribution in [1.82, 2.24) is 10.2 Å². The molecule has 0 aliphatic heterocycles. The van der Waals surface area contributed by atoms with Crippen LogP contribution in [0.25, 0.3) is 0 Å². The Morgan fingerprint density at radius 2 is 1.11 bits per heavy atom. The SMILES string of the molecule is CN(C)CC(CO)NC(c1ccccc1)(c1ccccc1)c1ccccc1. The molecule has 140 valence electrons. The van der Waals surface area contributed by atoms with E-state index >= 15 is 0 Å². The predicted octanol–water partition coefficient (Wildman–Crippen LogP) is 3.49. The molecule has 27 heavy (non-hydrogen) atoms. The van der Waals surface area contributed by atoms with Gasteiger partial charge >= 0.3 is 0 Å². The van der Waals surface area contributed by atoms with Crippen LogP contribution in [0.1, 0.15) is 16.7 Å². The highest BCUT2D eigenvalue weighted by atomic mass is 16.3. The summed E-state index contributed by atoms with van der Waals surface area (Å²) >= 11 is 0. The Hall–Kier alpha value is -2.46. The molecule has 0 saturated carbocycles. The number of aliphatic hydroxyl groups excluding tert-OH is 1. The van der Waals surface area contributed by atoms with E-state index in [1.165, 1.54) is 0 Å². The predicted molar refractivity (Wildman–Crippen MR) is 112 cm³/mol. The number of hydrogen-bond donors (Lipinski definition) is 2. The summed E-state index contributed by atoms with van der Waals surface area (Å²) in [6, 6.07) is 31.3. The fourth-order valence-electron chi connectivity index (χ4n) is 3.71. The van der Waals surface area contributed by atoms with E-state index in [0.29, 0.717) is 0 Å². The van der Waals surface area contributed by atoms with Crippen LogP contribution in [0.2, 0.25) is 0 Å². The van der Waals surface area contributed by atoms with Crippen LogP contribution in [0.5, 0.6) is 0 Å². The fourth-order valence-corrected chi connectivity index (χ4v) is 3.71. The van der Waals surface area contributed by atoms with Gasteiger partial charge in [0.25, 0.3) is 0 Å². The van der Waals surface area contributed by atoms with E-state index in [2.05, 4.69) is 83.0 Å². The Bertz CT molecular complexity index is 707. The van der Waals surface area contributed by atoms with Crippen LogP contribution in [-0.2, 0) is 5.54 Å². The van der Waals surface area contributed by atoms with E-state index in [-0.39, 0.29) is 12.6 Å². The number of nitrogens with zero attached hydrogens (tertiary/aromatic N) is 1. The van der Waals surface area contributed by atoms with Gasteiger partial charge in [-0.05, 0) is 30.8 Å². The highest BCUT2D eigenvalue weighted by Gasteiger charge is 2.37. The van der Waals surface area contributed by atoms with Crippen molar-refractivity contribution in [2.45, 2.75) is 11.6 Å². The van der Waals surface area contributed by atoms with Crippen LogP contribution < -0.4 is 5.32 Å². The maximum atomic E-state index is 10.1. The fraction of sp³-hybridized carbons (Fsp3) is 0.250. The quantitative estimate of drug-likeness (QED) is 0.604. The maximum absolute atomic E-state index is 10.1. The molecule has 0 amide bonds. The number of aliphatic hydroxyl groups is 1. The van der Waals surface area contributed by atoms with E-state index in [1.54, 1.807) is 0 Å². The van der Waals surface area contributed by atoms with Crippen LogP contribution in [0.15, 0.2) is 91.0 Å². The van der Waals surface area contributed by atoms with Crippen molar-refractivity contribution in [3.63, 3.8) is 0 Å². The molecular formula is C24H28N2O. The van der Waals surface area contributed by atoms with Crippen LogP contribution >= 0.6 is 0 Å². The topological polar surface area (TPSA) is 35.5 Å². The summed E-state index contributed by atoms with van der Waals surface area (Å²) in [5.41, 5.74) is 2.91. The van der Waals surface area contributed by atoms with Gasteiger partial charge in [-0.3, -0.25) is 5.32 Å². The molecule has 3 aromatic rings. The molecule has 1 atom stereocenters. The zero-order valence-corrected chi connectivity index (χ0v) is 16.0. The summed E-state index contributed by atoms with van der Waals surface area (Å²) < 4.78 is 0. The van der Waals surface area contributed by atoms with Crippen molar-refractivity contribution < 1.29 is 5.11 Å². The van der Waals surface area contributed by atoms with Gasteiger partial charge in [0.1, 0.15) is 0 Å². The minimum atomic E-state index is -0.548. The zero-order chi connectivity index (χ0) is 19.1. The molecule has 1 unspecified atom stereocenters. The average molecular weight is 361 g/mol. The smallest absolute Gasteiger partial charge is 0.0951 e. The standard InChI is InChI=1S/C24H28N2O/c1-26(2)18-23(19-27)25-24(20-12-6-3-7-13-20,21-14-8-4-9-15-21)22-16-10-5-11-17-22/h3-17,23,25,27H,18-19H2,1-2H3. The van der Waals surface area contributed by atoms with Crippen molar-refractivity contribution >= 4 is 0 Å². The molecule has 0 aliphatic carbocycles. The van der Waals surface area contributed by atoms with Crippen LogP contribution in [0.3, 0.4) is 0 Å². The summed E-state index contributed by atoms with van der Waals surface area (Å²) in [5, 5.41) is 13.9. The molecule has 0 aliphatic rings. The summed E-state index contributed by atoms with van der Waals surface area (Å²) in [7, 11) is 4.05. The van der Waals surface area contributed by atoms with Crippen LogP contribution in [0, 0.1) is 0 Å². The molecule has 3 heteroatoms. The van der Waals surface area contributed by atoms with Crippen molar-refractivity contribution in [3.05, 3.63) is 108 Å². The molecule has 2 N–H and O–H groups in total. The maximum Gasteiger partial charge on any atom is 0.0951 e. The van der Waals surface area contributed by atoms with Crippen LogP contribution in [-0.4, -0.2) is 43.3 Å². The molecule has 0 spiro atoms. The van der Waals surface area contributed by atoms with Crippen LogP contribution in [0.4, 0.5) is 0 Å². The third kappa shape index (κ3) is 4.28. The van der Waals surface area contributed by atoms with Gasteiger partial charge in [-0.25, -0.2) is 0 Å². The van der Waals surface area contributed by atoms with Crippen molar-refractivity contribution in [3.8, 4) is 0 Å². The first-order valence-corrected chi connectivity index (χ1v) is 9.36. The van der Waals surface area contributed by atoms with Gasteiger partial charge in [-0.1, -0.05) is 91.0 Å². The van der Waals surface area contributed by atoms with E-state index in [0.717, 1.165) is 23.2 Å². The number of hydrogen-bond acceptors (Lipinski definition) is 3. The molecule has 0 saturated heterocycles. The lowest BCUT2D eigenvalue weighted by molar-refractivity contribution is 0.192. The summed E-state index contributed by atoms with van der Waals surface area (Å²) in [6.07, 6.45) is 0. The normalized spacial score (nSPS) is 12.9. The third-order valence-corrected chi connectivity index (χ3v) is 4.85. The Morgan fingerprint density at radius 1 is 0.741 bits per heavy atom. The Kier molecular flexibility index (Phi) is 6.40. The van der Waals surface area contributed by atoms with Gasteiger partial charge in [0, 0.05) is 12.6 Å². The van der Waals surface area contributed by atoms with Gasteiger partial charge in [-0.2, -0.15) is 0 Å². The van der Waals surface area contributed by atoms with Gasteiger partial charge in [0.05, 0.1) is 12.1 Å². The third-order valence-electron chi connectivity index (χ3n) is 4.85. The van der Waals surface area contributed by atoms with E-state index in [9.17, 15) is 5.11 Å². The summed E-state index contributed by atoms with van der Waals surface area (Å²) in [6.45, 7) is 0.803. The lowest BCUT2D eigenvalue weighted by Crippen LogP contribution is -2.54. The molecule has 0 heterocycles. The summed E-state index contributed by atoms with van der Waals surface area (Å²) in [5.74, 6) is 0. The monoisotopic (exact) mass is 360 g/mol. The molecular weight excluding hydrogens is 332 g/mol. The van der Waals surface area contributed by atoms with Gasteiger partial charge in [-0.15, -0.1) is 0 Å². The lowest BCUT2D eigenvalue weighted by Gasteiger charge is -2.40. The minimum Gasteiger partial charge on any atom is -0.395 e. The second-order valence-corrected chi connectivity index (χ2v) is 7.13. The average Bonchev–Trinajstić information content (AvgIpc) is 2.73. The van der Waals surface area contributed by atoms with E-state index < -0.39 is 5.54 Å². The van der Waals surface area contributed by atoms with E-state index in [4.69, 9.17) is 0 Å². The summed E-state index contributed by atoms with van der Waals surface area (Å²) in [4.78, 5) is 2.10. The molecule has 0 bridgehead atoms. The number of nitrogens with one attached hydrogen (secondary N) is 1. The first-order chi connectivity index (χ1) is 13.2. The molecule has 3 nitrogen and oxygen atoms in total. The second kappa shape index (κ2) is 8.96. The highest BCUT2D eigenvalue weighted by Crippen LogP contribution is 2.37. The number of rotatable bonds is 8. The molecule has 0 fully saturated rings. The first-order valence-electron chi connectivity index (χ1n) is 9.36. The number of benzene rings is 3. The largest absolute Gasteiger partial charge is 0.395 e. The Balaban J connectivity index is 2.22. The van der Waals surface area contributed by atoms with Gasteiger partial charge in [0.2, 0.25) is 0 Å². The van der Waals surface area contributed by atoms with Gasteiger partial charge in [0.15, 0.2) is 0 Å². The van der Waals surface area contributed by atoms with Gasteiger partial charge < -0.3 is 10.0 Å². The first kappa shape index (κ1) is 19.3. The Labute approximate surface area is 162 Å². The molecule has 3 rings (SSSR count). The lowest BCUT2D eigenvalue weighted by atomic mass is 9.76. The number of likely N-dealkylation sites (N-methyl/N-ethyl adjacent to an activating group) is 1. The van der Waals surface area contributed by atoms with Crippen molar-refractivity contribution in [1.29, 1.82) is 0 Å². The minimum absolute atomic E-state index is 0.0619. The molecule has 3 aromatic carbocycles. The zero-order valence-electron chi connectivity index (χ0n) is 16.0. The van der Waals surface area contributed by atoms with E-state index in [1.807, 2.05) is 32.3 Å². The molecule has 0 radical (unpaired) electrons.